The van der Waals surface area contributed by atoms with Crippen LogP contribution >= 0.6 is 0 Å². The van der Waals surface area contributed by atoms with Crippen LogP contribution in [0.25, 0.3) is 0 Å². The third-order valence-electron chi connectivity index (χ3n) is 9.56. The van der Waals surface area contributed by atoms with Crippen molar-refractivity contribution in [3.8, 4) is 0 Å². The highest BCUT2D eigenvalue weighted by atomic mass is 19.3. The molecule has 3 saturated carbocycles. The average Bonchev–Trinajstić information content (AvgIpc) is 3.34. The second-order valence-corrected chi connectivity index (χ2v) is 11.9. The largest absolute Gasteiger partial charge is 0.388 e. The van der Waals surface area contributed by atoms with Gasteiger partial charge in [-0.2, -0.15) is 0 Å². The Balaban J connectivity index is 1.42. The first-order chi connectivity index (χ1) is 15.5. The molecule has 1 aliphatic heterocycles. The van der Waals surface area contributed by atoms with Crippen LogP contribution in [-0.2, 0) is 0 Å². The summed E-state index contributed by atoms with van der Waals surface area (Å²) in [6.07, 6.45) is 10.9. The first kappa shape index (κ1) is 25.1. The fraction of sp³-hybridized carbons (Fsp3) is 0.786. The molecule has 0 spiro atoms. The van der Waals surface area contributed by atoms with Crippen LogP contribution in [0.5, 0.6) is 0 Å². The maximum absolute atomic E-state index is 13.8. The molecular formula is C28H43F2NO2. The minimum Gasteiger partial charge on any atom is -0.388 e. The molecule has 3 nitrogen and oxygen atoms in total. The van der Waals surface area contributed by atoms with Gasteiger partial charge in [0, 0.05) is 19.0 Å². The SMILES string of the molecule is C=C1[C@H](O)CC(=C/C=C2\CCC[C@]3(C)[C@@H](C(C)CN4CC[C@H](C(C)(F)F)C4)CC[C@@H]23)C[C@H]1O. The van der Waals surface area contributed by atoms with Gasteiger partial charge in [-0.1, -0.05) is 43.7 Å². The van der Waals surface area contributed by atoms with Gasteiger partial charge >= 0.3 is 0 Å². The van der Waals surface area contributed by atoms with E-state index >= 15 is 0 Å². The van der Waals surface area contributed by atoms with E-state index in [4.69, 9.17) is 0 Å². The monoisotopic (exact) mass is 463 g/mol. The first-order valence-electron chi connectivity index (χ1n) is 13.0. The molecule has 5 heteroatoms. The summed E-state index contributed by atoms with van der Waals surface area (Å²) in [4.78, 5) is 2.28. The van der Waals surface area contributed by atoms with Crippen LogP contribution in [0.3, 0.4) is 0 Å². The summed E-state index contributed by atoms with van der Waals surface area (Å²) in [6, 6.07) is 0. The molecule has 0 aromatic carbocycles. The number of likely N-dealkylation sites (tertiary alicyclic amines) is 1. The van der Waals surface area contributed by atoms with Crippen LogP contribution in [0.1, 0.15) is 72.1 Å². The molecule has 0 aromatic heterocycles. The zero-order chi connectivity index (χ0) is 24.0. The molecule has 0 amide bonds. The third-order valence-corrected chi connectivity index (χ3v) is 9.56. The number of allylic oxidation sites excluding steroid dienone is 3. The van der Waals surface area contributed by atoms with E-state index in [2.05, 4.69) is 37.5 Å². The van der Waals surface area contributed by atoms with Crippen molar-refractivity contribution < 1.29 is 19.0 Å². The van der Waals surface area contributed by atoms with Crippen molar-refractivity contribution >= 4 is 0 Å². The number of rotatable bonds is 5. The van der Waals surface area contributed by atoms with Crippen molar-refractivity contribution in [1.29, 1.82) is 0 Å². The highest BCUT2D eigenvalue weighted by molar-refractivity contribution is 5.29. The lowest BCUT2D eigenvalue weighted by Gasteiger charge is -2.45. The molecule has 0 aromatic rings. The summed E-state index contributed by atoms with van der Waals surface area (Å²) < 4.78 is 27.5. The minimum atomic E-state index is -2.57. The zero-order valence-electron chi connectivity index (χ0n) is 20.7. The predicted octanol–water partition coefficient (Wildman–Crippen LogP) is 5.74. The van der Waals surface area contributed by atoms with E-state index in [0.717, 1.165) is 32.0 Å². The highest BCUT2D eigenvalue weighted by Gasteiger charge is 2.51. The van der Waals surface area contributed by atoms with Crippen LogP contribution in [0.15, 0.2) is 35.5 Å². The maximum Gasteiger partial charge on any atom is 0.249 e. The van der Waals surface area contributed by atoms with E-state index in [9.17, 15) is 19.0 Å². The van der Waals surface area contributed by atoms with Gasteiger partial charge in [-0.3, -0.25) is 0 Å². The standard InChI is InChI=1S/C28H43F2NO2/c1-18(16-31-13-11-22(17-31)28(4,29)30)23-9-10-24-21(6-5-12-27(23,24)3)8-7-20-14-25(32)19(2)26(33)15-20/h7-8,18,22-26,32-33H,2,5-6,9-17H2,1,3-4H3/b21-8+/t18?,22-,23+,24-,25+,26+,27+/m0/s1. The number of alkyl halides is 2. The van der Waals surface area contributed by atoms with E-state index in [-0.39, 0.29) is 5.41 Å². The van der Waals surface area contributed by atoms with Gasteiger partial charge in [0.05, 0.1) is 12.2 Å². The van der Waals surface area contributed by atoms with Gasteiger partial charge in [-0.25, -0.2) is 8.78 Å². The molecule has 1 saturated heterocycles. The third kappa shape index (κ3) is 5.16. The number of halogens is 2. The number of hydrogen-bond acceptors (Lipinski definition) is 3. The Kier molecular flexibility index (Phi) is 7.25. The van der Waals surface area contributed by atoms with Gasteiger partial charge < -0.3 is 15.1 Å². The fourth-order valence-corrected chi connectivity index (χ4v) is 7.59. The van der Waals surface area contributed by atoms with E-state index in [0.29, 0.717) is 49.1 Å². The number of aliphatic hydroxyl groups is 2. The molecule has 3 aliphatic carbocycles. The number of hydrogen-bond donors (Lipinski definition) is 2. The molecule has 0 radical (unpaired) electrons. The van der Waals surface area contributed by atoms with Crippen molar-refractivity contribution in [2.75, 3.05) is 19.6 Å². The molecule has 1 heterocycles. The van der Waals surface area contributed by atoms with Crippen LogP contribution in [0, 0.1) is 29.1 Å². The lowest BCUT2D eigenvalue weighted by molar-refractivity contribution is -0.0360. The van der Waals surface area contributed by atoms with Gasteiger partial charge in [0.15, 0.2) is 0 Å². The molecule has 186 valence electrons. The Bertz CT molecular complexity index is 784. The van der Waals surface area contributed by atoms with Crippen molar-refractivity contribution in [1.82, 2.24) is 4.90 Å². The Morgan fingerprint density at radius 3 is 2.52 bits per heavy atom. The fourth-order valence-electron chi connectivity index (χ4n) is 7.59. The predicted molar refractivity (Wildman–Crippen MR) is 129 cm³/mol. The summed E-state index contributed by atoms with van der Waals surface area (Å²) >= 11 is 0. The van der Waals surface area contributed by atoms with Gasteiger partial charge in [-0.15, -0.1) is 0 Å². The molecule has 2 N–H and O–H groups in total. The summed E-state index contributed by atoms with van der Waals surface area (Å²) in [7, 11) is 0. The van der Waals surface area contributed by atoms with Crippen LogP contribution in [0.4, 0.5) is 8.78 Å². The van der Waals surface area contributed by atoms with Crippen molar-refractivity contribution in [3.05, 3.63) is 35.5 Å². The lowest BCUT2D eigenvalue weighted by Crippen LogP contribution is -2.40. The molecular weight excluding hydrogens is 420 g/mol. The van der Waals surface area contributed by atoms with E-state index in [1.807, 2.05) is 0 Å². The number of nitrogens with zero attached hydrogens (tertiary/aromatic N) is 1. The quantitative estimate of drug-likeness (QED) is 0.511. The first-order valence-corrected chi connectivity index (χ1v) is 13.0. The van der Waals surface area contributed by atoms with Crippen molar-refractivity contribution in [2.45, 2.75) is 90.3 Å². The lowest BCUT2D eigenvalue weighted by atomic mass is 9.61. The Morgan fingerprint density at radius 2 is 1.88 bits per heavy atom. The molecule has 4 fully saturated rings. The maximum atomic E-state index is 13.8. The van der Waals surface area contributed by atoms with Crippen molar-refractivity contribution in [2.24, 2.45) is 29.1 Å². The van der Waals surface area contributed by atoms with E-state index in [1.165, 1.54) is 31.3 Å². The molecule has 33 heavy (non-hydrogen) atoms. The smallest absolute Gasteiger partial charge is 0.249 e. The Morgan fingerprint density at radius 1 is 1.18 bits per heavy atom. The van der Waals surface area contributed by atoms with Gasteiger partial charge in [0.25, 0.3) is 0 Å². The second-order valence-electron chi connectivity index (χ2n) is 11.9. The molecule has 4 aliphatic rings. The van der Waals surface area contributed by atoms with Crippen molar-refractivity contribution in [3.63, 3.8) is 0 Å². The minimum absolute atomic E-state index is 0.274. The molecule has 0 bridgehead atoms. The van der Waals surface area contributed by atoms with Crippen LogP contribution in [-0.4, -0.2) is 52.9 Å². The average molecular weight is 464 g/mol. The summed E-state index contributed by atoms with van der Waals surface area (Å²) in [5.74, 6) is -1.35. The van der Waals surface area contributed by atoms with Crippen LogP contribution in [0.2, 0.25) is 0 Å². The van der Waals surface area contributed by atoms with Gasteiger partial charge in [0.2, 0.25) is 5.92 Å². The van der Waals surface area contributed by atoms with E-state index in [1.54, 1.807) is 0 Å². The van der Waals surface area contributed by atoms with Crippen LogP contribution < -0.4 is 0 Å². The molecule has 4 rings (SSSR count). The molecule has 1 unspecified atom stereocenters. The number of fused-ring (bicyclic) bond motifs is 1. The summed E-state index contributed by atoms with van der Waals surface area (Å²) in [5.41, 5.74) is 3.42. The summed E-state index contributed by atoms with van der Waals surface area (Å²) in [6.45, 7) is 12.0. The van der Waals surface area contributed by atoms with Gasteiger partial charge in [0.1, 0.15) is 0 Å². The topological polar surface area (TPSA) is 43.7 Å². The van der Waals surface area contributed by atoms with Gasteiger partial charge in [-0.05, 0) is 93.6 Å². The normalized spacial score (nSPS) is 40.3. The summed E-state index contributed by atoms with van der Waals surface area (Å²) in [5, 5.41) is 20.3. The highest BCUT2D eigenvalue weighted by Crippen LogP contribution is 2.59. The zero-order valence-corrected chi connectivity index (χ0v) is 20.7. The molecule has 7 atom stereocenters. The second kappa shape index (κ2) is 9.54. The Labute approximate surface area is 198 Å². The Hall–Kier alpha value is -1.04. The van der Waals surface area contributed by atoms with E-state index < -0.39 is 24.0 Å². The number of aliphatic hydroxyl groups excluding tert-OH is 2.